The van der Waals surface area contributed by atoms with Crippen LogP contribution in [0.2, 0.25) is 0 Å². The van der Waals surface area contributed by atoms with Gasteiger partial charge < -0.3 is 4.74 Å². The van der Waals surface area contributed by atoms with E-state index in [9.17, 15) is 0 Å². The first-order chi connectivity index (χ1) is 18.6. The van der Waals surface area contributed by atoms with E-state index in [0.717, 1.165) is 28.6 Å². The highest BCUT2D eigenvalue weighted by Crippen LogP contribution is 2.57. The Morgan fingerprint density at radius 2 is 1.16 bits per heavy atom. The molecular weight excluding hydrogens is 545 g/mol. The number of hydrogen-bond acceptors (Lipinski definition) is 7. The summed E-state index contributed by atoms with van der Waals surface area (Å²) in [5.74, 6) is 0.976. The van der Waals surface area contributed by atoms with Crippen LogP contribution in [-0.4, -0.2) is 9.97 Å². The van der Waals surface area contributed by atoms with Gasteiger partial charge in [-0.1, -0.05) is 60.7 Å². The fraction of sp³-hybridized carbons (Fsp3) is 0.161. The van der Waals surface area contributed by atoms with Gasteiger partial charge in [0.2, 0.25) is 0 Å². The quantitative estimate of drug-likeness (QED) is 0.201. The molecule has 0 atom stereocenters. The minimum atomic E-state index is -0.526. The molecule has 6 aromatic rings. The van der Waals surface area contributed by atoms with Gasteiger partial charge in [0.15, 0.2) is 0 Å². The van der Waals surface area contributed by atoms with Crippen LogP contribution < -0.4 is 4.74 Å². The molecule has 0 bridgehead atoms. The van der Waals surface area contributed by atoms with E-state index in [1.165, 1.54) is 46.0 Å². The van der Waals surface area contributed by atoms with Crippen molar-refractivity contribution in [2.45, 2.75) is 32.3 Å². The summed E-state index contributed by atoms with van der Waals surface area (Å²) in [5, 5.41) is 2.16. The van der Waals surface area contributed by atoms with Crippen LogP contribution in [0.3, 0.4) is 0 Å². The van der Waals surface area contributed by atoms with Gasteiger partial charge in [-0.05, 0) is 31.0 Å². The minimum absolute atomic E-state index is 0.526. The van der Waals surface area contributed by atoms with E-state index < -0.39 is 5.60 Å². The lowest BCUT2D eigenvalue weighted by Gasteiger charge is -2.38. The van der Waals surface area contributed by atoms with Gasteiger partial charge in [0.1, 0.15) is 11.4 Å². The Balaban J connectivity index is 1.44. The Bertz CT molecular complexity index is 1680. The maximum Gasteiger partial charge on any atom is 0.143 e. The normalized spacial score (nSPS) is 13.6. The molecule has 0 spiro atoms. The number of rotatable bonds is 6. The Morgan fingerprint density at radius 3 is 1.68 bits per heavy atom. The van der Waals surface area contributed by atoms with Crippen LogP contribution in [0.1, 0.15) is 26.7 Å². The molecule has 0 saturated carbocycles. The van der Waals surface area contributed by atoms with Crippen molar-refractivity contribution in [3.05, 3.63) is 112 Å². The predicted molar refractivity (Wildman–Crippen MR) is 162 cm³/mol. The largest absolute Gasteiger partial charge is 0.480 e. The molecule has 7 rings (SSSR count). The van der Waals surface area contributed by atoms with Crippen molar-refractivity contribution in [2.75, 3.05) is 0 Å². The summed E-state index contributed by atoms with van der Waals surface area (Å²) in [7, 11) is 0. The Morgan fingerprint density at radius 1 is 0.632 bits per heavy atom. The van der Waals surface area contributed by atoms with Crippen LogP contribution >= 0.6 is 45.3 Å². The fourth-order valence-corrected chi connectivity index (χ4v) is 9.31. The number of nitrogens with zero attached hydrogens (tertiary/aromatic N) is 2. The standard InChI is InChI=1S/C31H24N2OS4/c1-19-32-17-27(35-19)25-13-23-29(37-25)30-24(14-26(38-30)28-18-33-20(2)36-28)34-31(23,15-21-9-5-3-6-10-21)16-22-11-7-4-8-12-22/h3-14,17-18H,15-16H2,1-2H3. The summed E-state index contributed by atoms with van der Waals surface area (Å²) in [4.78, 5) is 16.5. The van der Waals surface area contributed by atoms with E-state index >= 15 is 0 Å². The van der Waals surface area contributed by atoms with Crippen molar-refractivity contribution >= 4 is 45.3 Å². The van der Waals surface area contributed by atoms with Gasteiger partial charge in [0, 0.05) is 41.7 Å². The minimum Gasteiger partial charge on any atom is -0.480 e. The summed E-state index contributed by atoms with van der Waals surface area (Å²) in [6, 6.07) is 26.1. The number of fused-ring (bicyclic) bond motifs is 3. The van der Waals surface area contributed by atoms with Crippen LogP contribution in [0.25, 0.3) is 29.3 Å². The van der Waals surface area contributed by atoms with Crippen LogP contribution in [0.4, 0.5) is 0 Å². The number of aryl methyl sites for hydroxylation is 2. The van der Waals surface area contributed by atoms with Crippen molar-refractivity contribution in [3.63, 3.8) is 0 Å². The van der Waals surface area contributed by atoms with Crippen LogP contribution in [0, 0.1) is 13.8 Å². The molecular formula is C31H24N2OS4. The van der Waals surface area contributed by atoms with E-state index in [2.05, 4.69) is 96.6 Å². The molecule has 0 saturated heterocycles. The van der Waals surface area contributed by atoms with Gasteiger partial charge in [-0.2, -0.15) is 0 Å². The van der Waals surface area contributed by atoms with Crippen molar-refractivity contribution in [2.24, 2.45) is 0 Å². The second-order valence-electron chi connectivity index (χ2n) is 9.57. The second kappa shape index (κ2) is 9.58. The SMILES string of the molecule is Cc1ncc(-c2cc3c(s2)-c2sc(-c4cnc(C)s4)cc2C(Cc2ccccc2)(Cc2ccccc2)O3)s1. The molecule has 1 aliphatic heterocycles. The van der Waals surface area contributed by atoms with Gasteiger partial charge in [-0.3, -0.25) is 0 Å². The lowest BCUT2D eigenvalue weighted by atomic mass is 9.80. The zero-order chi connectivity index (χ0) is 25.7. The monoisotopic (exact) mass is 568 g/mol. The number of aromatic nitrogens is 2. The fourth-order valence-electron chi connectivity index (χ4n) is 5.14. The zero-order valence-electron chi connectivity index (χ0n) is 20.9. The first-order valence-corrected chi connectivity index (χ1v) is 15.7. The van der Waals surface area contributed by atoms with E-state index in [1.54, 1.807) is 22.7 Å². The van der Waals surface area contributed by atoms with Crippen molar-refractivity contribution in [3.8, 4) is 35.0 Å². The molecule has 1 aliphatic rings. The lowest BCUT2D eigenvalue weighted by molar-refractivity contribution is 0.0649. The topological polar surface area (TPSA) is 35.0 Å². The predicted octanol–water partition coefficient (Wildman–Crippen LogP) is 9.41. The van der Waals surface area contributed by atoms with Gasteiger partial charge in [0.25, 0.3) is 0 Å². The summed E-state index contributed by atoms with van der Waals surface area (Å²) >= 11 is 7.18. The van der Waals surface area contributed by atoms with Crippen molar-refractivity contribution in [1.82, 2.24) is 9.97 Å². The number of ether oxygens (including phenoxy) is 1. The highest BCUT2D eigenvalue weighted by molar-refractivity contribution is 7.28. The first-order valence-electron chi connectivity index (χ1n) is 12.5. The molecule has 4 aromatic heterocycles. The number of thiophene rings is 2. The molecule has 2 aromatic carbocycles. The maximum absolute atomic E-state index is 7.21. The molecule has 3 nitrogen and oxygen atoms in total. The molecule has 0 fully saturated rings. The molecule has 0 radical (unpaired) electrons. The van der Waals surface area contributed by atoms with Gasteiger partial charge >= 0.3 is 0 Å². The number of benzene rings is 2. The smallest absolute Gasteiger partial charge is 0.143 e. The molecule has 188 valence electrons. The van der Waals surface area contributed by atoms with Gasteiger partial charge in [-0.15, -0.1) is 45.3 Å². The Kier molecular flexibility index (Phi) is 6.04. The second-order valence-corrected chi connectivity index (χ2v) is 14.1. The van der Waals surface area contributed by atoms with E-state index in [0.29, 0.717) is 0 Å². The summed E-state index contributed by atoms with van der Waals surface area (Å²) in [6.07, 6.45) is 5.57. The van der Waals surface area contributed by atoms with Gasteiger partial charge in [0.05, 0.1) is 34.4 Å². The average molecular weight is 569 g/mol. The third-order valence-corrected chi connectivity index (χ3v) is 11.5. The highest BCUT2D eigenvalue weighted by atomic mass is 32.1. The Labute approximate surface area is 238 Å². The first kappa shape index (κ1) is 24.0. The van der Waals surface area contributed by atoms with E-state index in [1.807, 2.05) is 35.1 Å². The molecule has 0 aliphatic carbocycles. The molecule has 5 heterocycles. The molecule has 7 heteroatoms. The molecule has 0 N–H and O–H groups in total. The Hall–Kier alpha value is -3.10. The van der Waals surface area contributed by atoms with Gasteiger partial charge in [-0.25, -0.2) is 9.97 Å². The zero-order valence-corrected chi connectivity index (χ0v) is 24.2. The van der Waals surface area contributed by atoms with E-state index in [-0.39, 0.29) is 0 Å². The summed E-state index contributed by atoms with van der Waals surface area (Å²) < 4.78 is 7.21. The maximum atomic E-state index is 7.21. The number of hydrogen-bond donors (Lipinski definition) is 0. The van der Waals surface area contributed by atoms with Crippen LogP contribution in [-0.2, 0) is 18.4 Å². The van der Waals surface area contributed by atoms with Crippen LogP contribution in [0.5, 0.6) is 5.75 Å². The van der Waals surface area contributed by atoms with Crippen molar-refractivity contribution < 1.29 is 4.74 Å². The molecule has 0 amide bonds. The third kappa shape index (κ3) is 4.33. The third-order valence-electron chi connectivity index (χ3n) is 6.83. The van der Waals surface area contributed by atoms with Crippen LogP contribution in [0.15, 0.2) is 85.2 Å². The highest BCUT2D eigenvalue weighted by Gasteiger charge is 2.44. The lowest BCUT2D eigenvalue weighted by Crippen LogP contribution is -2.39. The number of thiazole rings is 2. The summed E-state index contributed by atoms with van der Waals surface area (Å²) in [6.45, 7) is 4.13. The molecule has 38 heavy (non-hydrogen) atoms. The average Bonchev–Trinajstić information content (AvgIpc) is 3.71. The molecule has 0 unspecified atom stereocenters. The van der Waals surface area contributed by atoms with E-state index in [4.69, 9.17) is 4.74 Å². The summed E-state index contributed by atoms with van der Waals surface area (Å²) in [5.41, 5.74) is 3.29. The van der Waals surface area contributed by atoms with Crippen molar-refractivity contribution in [1.29, 1.82) is 0 Å².